The van der Waals surface area contributed by atoms with E-state index in [1.165, 1.54) is 11.2 Å². The van der Waals surface area contributed by atoms with E-state index in [9.17, 15) is 0 Å². The molecule has 0 fully saturated rings. The molecular weight excluding hydrogens is 234 g/mol. The maximum Gasteiger partial charge on any atom is 0.176 e. The molecular formula is C11H23N5S. The van der Waals surface area contributed by atoms with Crippen LogP contribution in [0.3, 0.4) is 0 Å². The molecule has 1 heterocycles. The van der Waals surface area contributed by atoms with Gasteiger partial charge in [-0.3, -0.25) is 0 Å². The van der Waals surface area contributed by atoms with E-state index < -0.39 is 0 Å². The van der Waals surface area contributed by atoms with E-state index in [2.05, 4.69) is 41.5 Å². The predicted molar refractivity (Wildman–Crippen MR) is 72.2 cm³/mol. The van der Waals surface area contributed by atoms with Crippen molar-refractivity contribution in [2.75, 3.05) is 12.3 Å². The second kappa shape index (κ2) is 7.66. The van der Waals surface area contributed by atoms with Gasteiger partial charge in [0.25, 0.3) is 0 Å². The van der Waals surface area contributed by atoms with Gasteiger partial charge in [0.2, 0.25) is 0 Å². The molecule has 98 valence electrons. The minimum absolute atomic E-state index is 0.434. The highest BCUT2D eigenvalue weighted by Gasteiger charge is 2.13. The maximum absolute atomic E-state index is 4.23. The molecule has 1 N–H and O–H groups in total. The van der Waals surface area contributed by atoms with Gasteiger partial charge in [-0.2, -0.15) is 16.6 Å². The Balaban J connectivity index is 2.42. The molecule has 0 aliphatic heterocycles. The number of rotatable bonds is 8. The number of nitrogens with one attached hydrogen (secondary N) is 1. The molecule has 2 atom stereocenters. The zero-order chi connectivity index (χ0) is 12.7. The standard InChI is InChI=1S/C11H23N5S/c1-5-9(3)17-8-10(12-6-2)7-11-13-15-16(4)14-11/h9-10,12H,5-8H2,1-4H3. The van der Waals surface area contributed by atoms with Crippen LogP contribution in [0.25, 0.3) is 0 Å². The number of aromatic nitrogens is 4. The minimum Gasteiger partial charge on any atom is -0.313 e. The molecule has 0 bridgehead atoms. The highest BCUT2D eigenvalue weighted by molar-refractivity contribution is 7.99. The first-order valence-electron chi connectivity index (χ1n) is 6.23. The van der Waals surface area contributed by atoms with Crippen LogP contribution in [0, 0.1) is 0 Å². The van der Waals surface area contributed by atoms with E-state index in [0.29, 0.717) is 11.3 Å². The highest BCUT2D eigenvalue weighted by Crippen LogP contribution is 2.15. The van der Waals surface area contributed by atoms with Crippen molar-refractivity contribution >= 4 is 11.8 Å². The Labute approximate surface area is 108 Å². The molecule has 6 heteroatoms. The molecule has 5 nitrogen and oxygen atoms in total. The van der Waals surface area contributed by atoms with Gasteiger partial charge in [0, 0.05) is 23.5 Å². The third-order valence-electron chi connectivity index (χ3n) is 2.63. The number of nitrogens with zero attached hydrogens (tertiary/aromatic N) is 4. The van der Waals surface area contributed by atoms with Gasteiger partial charge in [0.15, 0.2) is 5.82 Å². The summed E-state index contributed by atoms with van der Waals surface area (Å²) in [5.41, 5.74) is 0. The molecule has 0 saturated heterocycles. The zero-order valence-corrected chi connectivity index (χ0v) is 12.0. The molecule has 0 aliphatic carbocycles. The van der Waals surface area contributed by atoms with E-state index in [1.54, 1.807) is 7.05 Å². The Bertz CT molecular complexity index is 315. The smallest absolute Gasteiger partial charge is 0.176 e. The average molecular weight is 257 g/mol. The average Bonchev–Trinajstić information content (AvgIpc) is 2.71. The highest BCUT2D eigenvalue weighted by atomic mass is 32.2. The normalized spacial score (nSPS) is 14.8. The third kappa shape index (κ3) is 5.50. The number of likely N-dealkylation sites (N-methyl/N-ethyl adjacent to an activating group) is 1. The molecule has 0 amide bonds. The molecule has 0 saturated carbocycles. The molecule has 0 radical (unpaired) electrons. The lowest BCUT2D eigenvalue weighted by Crippen LogP contribution is -2.34. The first-order chi connectivity index (χ1) is 8.15. The second-order valence-electron chi connectivity index (χ2n) is 4.21. The van der Waals surface area contributed by atoms with E-state index in [0.717, 1.165) is 24.5 Å². The Kier molecular flexibility index (Phi) is 6.50. The van der Waals surface area contributed by atoms with Crippen molar-refractivity contribution in [2.24, 2.45) is 7.05 Å². The SMILES string of the molecule is CCNC(CSC(C)CC)Cc1nnn(C)n1. The van der Waals surface area contributed by atoms with E-state index in [4.69, 9.17) is 0 Å². The van der Waals surface area contributed by atoms with Crippen LogP contribution < -0.4 is 5.32 Å². The molecule has 2 unspecified atom stereocenters. The Morgan fingerprint density at radius 2 is 2.18 bits per heavy atom. The second-order valence-corrected chi connectivity index (χ2v) is 5.68. The number of aryl methyl sites for hydroxylation is 1. The largest absolute Gasteiger partial charge is 0.313 e. The molecule has 0 aromatic carbocycles. The molecule has 1 aromatic heterocycles. The topological polar surface area (TPSA) is 55.6 Å². The number of tetrazole rings is 1. The Hall–Kier alpha value is -0.620. The van der Waals surface area contributed by atoms with Crippen molar-refractivity contribution < 1.29 is 0 Å². The van der Waals surface area contributed by atoms with Crippen molar-refractivity contribution in [1.82, 2.24) is 25.5 Å². The first-order valence-corrected chi connectivity index (χ1v) is 7.28. The third-order valence-corrected chi connectivity index (χ3v) is 4.13. The fourth-order valence-electron chi connectivity index (χ4n) is 1.50. The lowest BCUT2D eigenvalue weighted by atomic mass is 10.2. The summed E-state index contributed by atoms with van der Waals surface area (Å²) in [5, 5.41) is 16.3. The van der Waals surface area contributed by atoms with Gasteiger partial charge in [-0.05, 0) is 18.2 Å². The van der Waals surface area contributed by atoms with Crippen LogP contribution in [0.2, 0.25) is 0 Å². The summed E-state index contributed by atoms with van der Waals surface area (Å²) in [6.45, 7) is 7.61. The minimum atomic E-state index is 0.434. The summed E-state index contributed by atoms with van der Waals surface area (Å²) in [6, 6.07) is 0.434. The van der Waals surface area contributed by atoms with Gasteiger partial charge >= 0.3 is 0 Å². The number of hydrogen-bond donors (Lipinski definition) is 1. The Morgan fingerprint density at radius 1 is 1.41 bits per heavy atom. The maximum atomic E-state index is 4.23. The summed E-state index contributed by atoms with van der Waals surface area (Å²) in [6.07, 6.45) is 2.07. The van der Waals surface area contributed by atoms with Crippen LogP contribution in [-0.4, -0.2) is 43.8 Å². The van der Waals surface area contributed by atoms with Crippen LogP contribution in [0.5, 0.6) is 0 Å². The quantitative estimate of drug-likeness (QED) is 0.760. The lowest BCUT2D eigenvalue weighted by Gasteiger charge is -2.17. The fraction of sp³-hybridized carbons (Fsp3) is 0.909. The van der Waals surface area contributed by atoms with Gasteiger partial charge in [0.05, 0.1) is 7.05 Å². The zero-order valence-electron chi connectivity index (χ0n) is 11.2. The first kappa shape index (κ1) is 14.4. The molecule has 1 aromatic rings. The van der Waals surface area contributed by atoms with Crippen LogP contribution in [-0.2, 0) is 13.5 Å². The fourth-order valence-corrected chi connectivity index (χ4v) is 2.53. The molecule has 17 heavy (non-hydrogen) atoms. The van der Waals surface area contributed by atoms with Crippen LogP contribution >= 0.6 is 11.8 Å². The summed E-state index contributed by atoms with van der Waals surface area (Å²) in [7, 11) is 1.80. The number of thioether (sulfide) groups is 1. The van der Waals surface area contributed by atoms with Crippen molar-refractivity contribution in [1.29, 1.82) is 0 Å². The van der Waals surface area contributed by atoms with Gasteiger partial charge in [-0.1, -0.05) is 20.8 Å². The van der Waals surface area contributed by atoms with Gasteiger partial charge in [-0.25, -0.2) is 0 Å². The van der Waals surface area contributed by atoms with Crippen LogP contribution in [0.15, 0.2) is 0 Å². The summed E-state index contributed by atoms with van der Waals surface area (Å²) in [5.74, 6) is 1.92. The van der Waals surface area contributed by atoms with E-state index in [-0.39, 0.29) is 0 Å². The monoisotopic (exact) mass is 257 g/mol. The van der Waals surface area contributed by atoms with Crippen LogP contribution in [0.1, 0.15) is 33.0 Å². The predicted octanol–water partition coefficient (Wildman–Crippen LogP) is 1.26. The van der Waals surface area contributed by atoms with Crippen LogP contribution in [0.4, 0.5) is 0 Å². The van der Waals surface area contributed by atoms with E-state index >= 15 is 0 Å². The Morgan fingerprint density at radius 3 is 2.71 bits per heavy atom. The molecule has 1 rings (SSSR count). The number of hydrogen-bond acceptors (Lipinski definition) is 5. The van der Waals surface area contributed by atoms with Crippen molar-refractivity contribution in [3.05, 3.63) is 5.82 Å². The van der Waals surface area contributed by atoms with Crippen molar-refractivity contribution in [3.8, 4) is 0 Å². The van der Waals surface area contributed by atoms with Gasteiger partial charge in [0.1, 0.15) is 0 Å². The summed E-state index contributed by atoms with van der Waals surface area (Å²) in [4.78, 5) is 1.51. The van der Waals surface area contributed by atoms with Gasteiger partial charge in [-0.15, -0.1) is 10.2 Å². The molecule has 0 spiro atoms. The lowest BCUT2D eigenvalue weighted by molar-refractivity contribution is 0.555. The van der Waals surface area contributed by atoms with Gasteiger partial charge < -0.3 is 5.32 Å². The van der Waals surface area contributed by atoms with E-state index in [1.807, 2.05) is 11.8 Å². The summed E-state index contributed by atoms with van der Waals surface area (Å²) < 4.78 is 0. The van der Waals surface area contributed by atoms with Crippen molar-refractivity contribution in [2.45, 2.75) is 44.9 Å². The molecule has 0 aliphatic rings. The summed E-state index contributed by atoms with van der Waals surface area (Å²) >= 11 is 2.01. The van der Waals surface area contributed by atoms with Crippen molar-refractivity contribution in [3.63, 3.8) is 0 Å².